The molecule has 190 valence electrons. The first kappa shape index (κ1) is 25.6. The second kappa shape index (κ2) is 12.0. The highest BCUT2D eigenvalue weighted by atomic mass is 16.4. The van der Waals surface area contributed by atoms with Crippen molar-refractivity contribution in [1.29, 1.82) is 0 Å². The molecule has 3 aromatic carbocycles. The van der Waals surface area contributed by atoms with Crippen LogP contribution < -0.4 is 16.8 Å². The van der Waals surface area contributed by atoms with Crippen LogP contribution in [0.3, 0.4) is 0 Å². The van der Waals surface area contributed by atoms with E-state index in [1.54, 1.807) is 0 Å². The zero-order valence-corrected chi connectivity index (χ0v) is 20.6. The van der Waals surface area contributed by atoms with Gasteiger partial charge in [-0.05, 0) is 60.2 Å². The molecule has 4 aromatic rings. The summed E-state index contributed by atoms with van der Waals surface area (Å²) in [6, 6.07) is 23.1. The fraction of sp³-hybridized carbons (Fsp3) is 0.214. The number of aromatic nitrogens is 2. The Bertz CT molecular complexity index is 1380. The molecule has 37 heavy (non-hydrogen) atoms. The minimum atomic E-state index is -0.921. The number of aliphatic carboxylic acids is 1. The van der Waals surface area contributed by atoms with Crippen LogP contribution >= 0.6 is 0 Å². The lowest BCUT2D eigenvalue weighted by molar-refractivity contribution is -0.139. The molecule has 0 radical (unpaired) electrons. The van der Waals surface area contributed by atoms with E-state index in [1.165, 1.54) is 0 Å². The van der Waals surface area contributed by atoms with Crippen molar-refractivity contribution < 1.29 is 14.3 Å². The largest absolute Gasteiger partial charge is 0.480 e. The average Bonchev–Trinajstić information content (AvgIpc) is 3.39. The summed E-state index contributed by atoms with van der Waals surface area (Å²) in [5.74, 6) is -0.0794. The summed E-state index contributed by atoms with van der Waals surface area (Å²) in [5, 5.41) is 21.2. The summed E-state index contributed by atoms with van der Waals surface area (Å²) in [4.78, 5) is 15.5. The lowest BCUT2D eigenvalue weighted by atomic mass is 9.96. The highest BCUT2D eigenvalue weighted by molar-refractivity contribution is 5.76. The van der Waals surface area contributed by atoms with E-state index in [-0.39, 0.29) is 5.96 Å². The van der Waals surface area contributed by atoms with Crippen molar-refractivity contribution in [2.45, 2.75) is 32.4 Å². The molecule has 9 nitrogen and oxygen atoms in total. The maximum Gasteiger partial charge on any atom is 0.320 e. The Labute approximate surface area is 215 Å². The highest BCUT2D eigenvalue weighted by Gasteiger charge is 2.17. The summed E-state index contributed by atoms with van der Waals surface area (Å²) < 4.78 is 6.06. The summed E-state index contributed by atoms with van der Waals surface area (Å²) >= 11 is 0. The molecule has 0 spiro atoms. The van der Waals surface area contributed by atoms with Gasteiger partial charge in [-0.25, -0.2) is 0 Å². The Balaban J connectivity index is 1.47. The number of benzene rings is 3. The molecular formula is C28H30N6O3. The molecule has 0 aliphatic heterocycles. The van der Waals surface area contributed by atoms with Gasteiger partial charge >= 0.3 is 5.97 Å². The molecule has 1 aromatic heterocycles. The lowest BCUT2D eigenvalue weighted by Gasteiger charge is -2.14. The molecule has 0 saturated carbocycles. The number of carboxylic acids is 1. The summed E-state index contributed by atoms with van der Waals surface area (Å²) in [6.07, 6.45) is 0.956. The van der Waals surface area contributed by atoms with E-state index in [9.17, 15) is 9.90 Å². The SMILES string of the molecule is Cc1c(-c2ccccc2)cccc1-c1nnc(-c2cccc(CNC(CCCN=C(N)N)C(=O)O)c2)o1. The van der Waals surface area contributed by atoms with Crippen molar-refractivity contribution in [3.63, 3.8) is 0 Å². The predicted octanol–water partition coefficient (Wildman–Crippen LogP) is 3.98. The molecule has 1 unspecified atom stereocenters. The molecule has 0 amide bonds. The molecule has 4 rings (SSSR count). The fourth-order valence-corrected chi connectivity index (χ4v) is 4.12. The molecule has 6 N–H and O–H groups in total. The maximum absolute atomic E-state index is 11.6. The Hall–Kier alpha value is -4.50. The first-order valence-electron chi connectivity index (χ1n) is 12.0. The number of aliphatic imine (C=N–C) groups is 1. The summed E-state index contributed by atoms with van der Waals surface area (Å²) in [5.41, 5.74) is 16.5. The van der Waals surface area contributed by atoms with Crippen LogP contribution in [0.2, 0.25) is 0 Å². The van der Waals surface area contributed by atoms with Crippen molar-refractivity contribution in [3.8, 4) is 34.0 Å². The van der Waals surface area contributed by atoms with Crippen LogP contribution in [-0.4, -0.2) is 39.8 Å². The van der Waals surface area contributed by atoms with E-state index in [4.69, 9.17) is 15.9 Å². The van der Waals surface area contributed by atoms with Gasteiger partial charge in [0.2, 0.25) is 11.8 Å². The Morgan fingerprint density at radius 3 is 2.43 bits per heavy atom. The van der Waals surface area contributed by atoms with E-state index < -0.39 is 12.0 Å². The zero-order chi connectivity index (χ0) is 26.2. The molecule has 0 aliphatic rings. The first-order chi connectivity index (χ1) is 17.9. The molecule has 0 saturated heterocycles. The Morgan fingerprint density at radius 2 is 1.68 bits per heavy atom. The van der Waals surface area contributed by atoms with Gasteiger partial charge in [0.15, 0.2) is 5.96 Å². The third-order valence-electron chi connectivity index (χ3n) is 6.04. The number of nitrogens with zero attached hydrogens (tertiary/aromatic N) is 3. The van der Waals surface area contributed by atoms with Crippen LogP contribution in [-0.2, 0) is 11.3 Å². The quantitative estimate of drug-likeness (QED) is 0.138. The van der Waals surface area contributed by atoms with Crippen LogP contribution in [0.5, 0.6) is 0 Å². The average molecular weight is 499 g/mol. The van der Waals surface area contributed by atoms with Gasteiger partial charge in [0.05, 0.1) is 0 Å². The van der Waals surface area contributed by atoms with Crippen LogP contribution in [0, 0.1) is 6.92 Å². The predicted molar refractivity (Wildman–Crippen MR) is 144 cm³/mol. The van der Waals surface area contributed by atoms with E-state index in [2.05, 4.69) is 38.7 Å². The zero-order valence-electron chi connectivity index (χ0n) is 20.6. The second-order valence-corrected chi connectivity index (χ2v) is 8.68. The topological polar surface area (TPSA) is 153 Å². The van der Waals surface area contributed by atoms with Gasteiger partial charge < -0.3 is 26.3 Å². The molecular weight excluding hydrogens is 468 g/mol. The lowest BCUT2D eigenvalue weighted by Crippen LogP contribution is -2.36. The van der Waals surface area contributed by atoms with Crippen molar-refractivity contribution in [2.75, 3.05) is 6.54 Å². The minimum absolute atomic E-state index is 0.000100. The van der Waals surface area contributed by atoms with Crippen molar-refractivity contribution in [1.82, 2.24) is 15.5 Å². The van der Waals surface area contributed by atoms with Gasteiger partial charge in [-0.15, -0.1) is 10.2 Å². The number of nitrogens with one attached hydrogen (secondary N) is 1. The molecule has 0 fully saturated rings. The standard InChI is InChI=1S/C28H30N6O3/c1-18-22(20-9-3-2-4-10-20)12-6-13-23(18)26-34-33-25(37-26)21-11-5-8-19(16-21)17-32-24(27(35)36)14-7-15-31-28(29)30/h2-6,8-13,16,24,32H,7,14-15,17H2,1H3,(H,35,36)(H4,29,30,31). The van der Waals surface area contributed by atoms with Gasteiger partial charge in [0, 0.05) is 24.2 Å². The summed E-state index contributed by atoms with van der Waals surface area (Å²) in [7, 11) is 0. The van der Waals surface area contributed by atoms with E-state index in [0.717, 1.165) is 33.4 Å². The number of nitrogens with two attached hydrogens (primary N) is 2. The van der Waals surface area contributed by atoms with E-state index >= 15 is 0 Å². The van der Waals surface area contributed by atoms with Gasteiger partial charge in [-0.3, -0.25) is 9.79 Å². The van der Waals surface area contributed by atoms with Gasteiger partial charge in [-0.2, -0.15) is 0 Å². The molecule has 0 bridgehead atoms. The molecule has 0 aliphatic carbocycles. The number of guanidine groups is 1. The summed E-state index contributed by atoms with van der Waals surface area (Å²) in [6.45, 7) is 2.80. The fourth-order valence-electron chi connectivity index (χ4n) is 4.12. The smallest absolute Gasteiger partial charge is 0.320 e. The minimum Gasteiger partial charge on any atom is -0.480 e. The molecule has 1 atom stereocenters. The van der Waals surface area contributed by atoms with Crippen LogP contribution in [0.1, 0.15) is 24.0 Å². The highest BCUT2D eigenvalue weighted by Crippen LogP contribution is 2.32. The molecule has 9 heteroatoms. The number of rotatable bonds is 11. The van der Waals surface area contributed by atoms with E-state index in [0.29, 0.717) is 37.7 Å². The van der Waals surface area contributed by atoms with Crippen LogP contribution in [0.15, 0.2) is 82.2 Å². The van der Waals surface area contributed by atoms with E-state index in [1.807, 2.05) is 61.5 Å². The van der Waals surface area contributed by atoms with Crippen LogP contribution in [0.25, 0.3) is 34.0 Å². The number of hydrogen-bond donors (Lipinski definition) is 4. The van der Waals surface area contributed by atoms with Crippen molar-refractivity contribution in [3.05, 3.63) is 83.9 Å². The first-order valence-corrected chi connectivity index (χ1v) is 12.0. The monoisotopic (exact) mass is 498 g/mol. The van der Waals surface area contributed by atoms with Gasteiger partial charge in [0.1, 0.15) is 6.04 Å². The maximum atomic E-state index is 11.6. The van der Waals surface area contributed by atoms with Crippen molar-refractivity contribution in [2.24, 2.45) is 16.5 Å². The normalized spacial score (nSPS) is 11.7. The Kier molecular flexibility index (Phi) is 8.27. The van der Waals surface area contributed by atoms with Gasteiger partial charge in [-0.1, -0.05) is 54.6 Å². The third-order valence-corrected chi connectivity index (χ3v) is 6.04. The Morgan fingerprint density at radius 1 is 0.973 bits per heavy atom. The number of carbonyl (C=O) groups is 1. The van der Waals surface area contributed by atoms with Crippen molar-refractivity contribution >= 4 is 11.9 Å². The van der Waals surface area contributed by atoms with Gasteiger partial charge in [0.25, 0.3) is 0 Å². The number of hydrogen-bond acceptors (Lipinski definition) is 6. The van der Waals surface area contributed by atoms with Crippen LogP contribution in [0.4, 0.5) is 0 Å². The number of carboxylic acid groups (broad SMARTS) is 1. The second-order valence-electron chi connectivity index (χ2n) is 8.68. The molecule has 1 heterocycles. The third kappa shape index (κ3) is 6.59.